The molecule has 0 spiro atoms. The van der Waals surface area contributed by atoms with Crippen molar-refractivity contribution in [1.29, 1.82) is 0 Å². The molecule has 0 bridgehead atoms. The topological polar surface area (TPSA) is 0 Å². The van der Waals surface area contributed by atoms with E-state index in [0.717, 1.165) is 8.95 Å². The van der Waals surface area contributed by atoms with Crippen molar-refractivity contribution in [3.8, 4) is 11.1 Å². The van der Waals surface area contributed by atoms with Gasteiger partial charge >= 0.3 is 0 Å². The van der Waals surface area contributed by atoms with Crippen molar-refractivity contribution in [2.45, 2.75) is 27.7 Å². The van der Waals surface area contributed by atoms with E-state index in [0.29, 0.717) is 0 Å². The van der Waals surface area contributed by atoms with E-state index in [4.69, 9.17) is 0 Å². The largest absolute Gasteiger partial charge is 0.0791 e. The molecule has 0 saturated carbocycles. The standard InChI is InChI=1S/C16H14Br2.C2H6/c1-3-13-14(4-2)16(18)10-9-15(13)11-5-7-12(17)8-6-11;1-2/h3-10H,1-2H3;1-2H3/b13-3+,14-4+;. The van der Waals surface area contributed by atoms with Crippen LogP contribution in [0.5, 0.6) is 0 Å². The summed E-state index contributed by atoms with van der Waals surface area (Å²) in [6.07, 6.45) is 4.30. The Morgan fingerprint density at radius 3 is 1.80 bits per heavy atom. The van der Waals surface area contributed by atoms with Crippen LogP contribution in [0.2, 0.25) is 0 Å². The van der Waals surface area contributed by atoms with Crippen LogP contribution in [0.15, 0.2) is 45.3 Å². The van der Waals surface area contributed by atoms with Gasteiger partial charge in [-0.3, -0.25) is 0 Å². The van der Waals surface area contributed by atoms with Crippen molar-refractivity contribution in [1.82, 2.24) is 0 Å². The minimum Gasteiger partial charge on any atom is -0.0791 e. The molecule has 0 aliphatic rings. The van der Waals surface area contributed by atoms with E-state index >= 15 is 0 Å². The van der Waals surface area contributed by atoms with E-state index in [9.17, 15) is 0 Å². The molecule has 106 valence electrons. The average Bonchev–Trinajstić information content (AvgIpc) is 2.50. The molecule has 0 atom stereocenters. The van der Waals surface area contributed by atoms with Crippen LogP contribution in [0.25, 0.3) is 23.3 Å². The van der Waals surface area contributed by atoms with E-state index < -0.39 is 0 Å². The average molecular weight is 396 g/mol. The van der Waals surface area contributed by atoms with Gasteiger partial charge in [-0.05, 0) is 53.6 Å². The van der Waals surface area contributed by atoms with E-state index in [1.807, 2.05) is 13.8 Å². The Balaban J connectivity index is 0.000000956. The SMILES string of the molecule is C/C=c1/c(-c2ccc(Br)cc2)ccc(Br)/c1=C/C.CC. The Labute approximate surface area is 138 Å². The summed E-state index contributed by atoms with van der Waals surface area (Å²) in [5, 5.41) is 2.52. The molecule has 2 heteroatoms. The maximum atomic E-state index is 3.61. The minimum absolute atomic E-state index is 1.10. The van der Waals surface area contributed by atoms with Crippen molar-refractivity contribution >= 4 is 44.0 Å². The molecule has 0 aromatic heterocycles. The van der Waals surface area contributed by atoms with Crippen molar-refractivity contribution in [2.24, 2.45) is 0 Å². The van der Waals surface area contributed by atoms with Crippen molar-refractivity contribution < 1.29 is 0 Å². The van der Waals surface area contributed by atoms with Crippen LogP contribution in [0.3, 0.4) is 0 Å². The molecule has 0 aliphatic carbocycles. The van der Waals surface area contributed by atoms with Crippen LogP contribution in [-0.4, -0.2) is 0 Å². The van der Waals surface area contributed by atoms with Gasteiger partial charge < -0.3 is 0 Å². The summed E-state index contributed by atoms with van der Waals surface area (Å²) in [5.41, 5.74) is 2.50. The summed E-state index contributed by atoms with van der Waals surface area (Å²) in [6, 6.07) is 12.7. The zero-order valence-corrected chi connectivity index (χ0v) is 15.5. The Kier molecular flexibility index (Phi) is 7.25. The first-order valence-electron chi connectivity index (χ1n) is 6.84. The third kappa shape index (κ3) is 3.83. The van der Waals surface area contributed by atoms with Gasteiger partial charge in [0.05, 0.1) is 0 Å². The van der Waals surface area contributed by atoms with E-state index in [1.54, 1.807) is 0 Å². The number of benzene rings is 2. The number of hydrogen-bond acceptors (Lipinski definition) is 0. The quantitative estimate of drug-likeness (QED) is 0.597. The fourth-order valence-electron chi connectivity index (χ4n) is 2.10. The van der Waals surface area contributed by atoms with Gasteiger partial charge in [-0.2, -0.15) is 0 Å². The van der Waals surface area contributed by atoms with Gasteiger partial charge in [-0.25, -0.2) is 0 Å². The van der Waals surface area contributed by atoms with Crippen LogP contribution in [0.4, 0.5) is 0 Å². The minimum atomic E-state index is 1.10. The molecule has 0 amide bonds. The highest BCUT2D eigenvalue weighted by Crippen LogP contribution is 2.19. The summed E-state index contributed by atoms with van der Waals surface area (Å²) in [7, 11) is 0. The van der Waals surface area contributed by atoms with Gasteiger partial charge in [-0.15, -0.1) is 0 Å². The van der Waals surface area contributed by atoms with Gasteiger partial charge in [0, 0.05) is 8.95 Å². The Bertz CT molecular complexity index is 668. The predicted molar refractivity (Wildman–Crippen MR) is 98.2 cm³/mol. The molecule has 0 N–H and O–H groups in total. The van der Waals surface area contributed by atoms with Gasteiger partial charge in [0.2, 0.25) is 0 Å². The smallest absolute Gasteiger partial charge is 0.0250 e. The van der Waals surface area contributed by atoms with Crippen molar-refractivity contribution in [3.63, 3.8) is 0 Å². The fourth-order valence-corrected chi connectivity index (χ4v) is 2.93. The monoisotopic (exact) mass is 394 g/mol. The maximum Gasteiger partial charge on any atom is 0.0250 e. The van der Waals surface area contributed by atoms with Crippen molar-refractivity contribution in [3.05, 3.63) is 55.8 Å². The molecule has 0 aliphatic heterocycles. The zero-order chi connectivity index (χ0) is 15.1. The summed E-state index contributed by atoms with van der Waals surface area (Å²) >= 11 is 7.08. The van der Waals surface area contributed by atoms with Gasteiger partial charge in [-0.1, -0.05) is 76.1 Å². The van der Waals surface area contributed by atoms with Crippen LogP contribution in [0.1, 0.15) is 27.7 Å². The second-order valence-corrected chi connectivity index (χ2v) is 5.78. The Morgan fingerprint density at radius 2 is 1.30 bits per heavy atom. The lowest BCUT2D eigenvalue weighted by Gasteiger charge is -2.06. The molecule has 0 saturated heterocycles. The molecule has 0 radical (unpaired) electrons. The molecular weight excluding hydrogens is 376 g/mol. The summed E-state index contributed by atoms with van der Waals surface area (Å²) in [5.74, 6) is 0. The Hall–Kier alpha value is -0.860. The van der Waals surface area contributed by atoms with Gasteiger partial charge in [0.25, 0.3) is 0 Å². The van der Waals surface area contributed by atoms with Gasteiger partial charge in [0.15, 0.2) is 0 Å². The first-order chi connectivity index (χ1) is 9.67. The second-order valence-electron chi connectivity index (χ2n) is 4.01. The highest BCUT2D eigenvalue weighted by atomic mass is 79.9. The van der Waals surface area contributed by atoms with Crippen LogP contribution in [0, 0.1) is 0 Å². The molecule has 20 heavy (non-hydrogen) atoms. The zero-order valence-electron chi connectivity index (χ0n) is 12.4. The predicted octanol–water partition coefficient (Wildman–Crippen LogP) is 5.51. The number of hydrogen-bond donors (Lipinski definition) is 0. The number of halogens is 2. The highest BCUT2D eigenvalue weighted by Gasteiger charge is 2.02. The molecule has 0 nitrogen and oxygen atoms in total. The molecule has 0 fully saturated rings. The first kappa shape index (κ1) is 17.2. The van der Waals surface area contributed by atoms with E-state index in [-0.39, 0.29) is 0 Å². The van der Waals surface area contributed by atoms with Crippen LogP contribution < -0.4 is 10.4 Å². The second kappa shape index (κ2) is 8.43. The molecular formula is C18H20Br2. The molecule has 2 aromatic carbocycles. The van der Waals surface area contributed by atoms with E-state index in [2.05, 4.69) is 94.3 Å². The van der Waals surface area contributed by atoms with Crippen LogP contribution in [-0.2, 0) is 0 Å². The third-order valence-electron chi connectivity index (χ3n) is 2.97. The molecule has 2 aromatic rings. The lowest BCUT2D eigenvalue weighted by atomic mass is 10.0. The van der Waals surface area contributed by atoms with Gasteiger partial charge in [0.1, 0.15) is 0 Å². The number of rotatable bonds is 1. The maximum absolute atomic E-state index is 3.61. The first-order valence-corrected chi connectivity index (χ1v) is 8.43. The van der Waals surface area contributed by atoms with Crippen LogP contribution >= 0.6 is 31.9 Å². The highest BCUT2D eigenvalue weighted by molar-refractivity contribution is 9.10. The fraction of sp³-hybridized carbons (Fsp3) is 0.222. The normalized spacial score (nSPS) is 12.1. The summed E-state index contributed by atoms with van der Waals surface area (Å²) in [6.45, 7) is 8.15. The molecule has 2 rings (SSSR count). The molecule has 0 unspecified atom stereocenters. The Morgan fingerprint density at radius 1 is 0.750 bits per heavy atom. The summed E-state index contributed by atoms with van der Waals surface area (Å²) in [4.78, 5) is 0. The van der Waals surface area contributed by atoms with Crippen molar-refractivity contribution in [2.75, 3.05) is 0 Å². The lowest BCUT2D eigenvalue weighted by molar-refractivity contribution is 1.44. The molecule has 0 heterocycles. The third-order valence-corrected chi connectivity index (χ3v) is 4.19. The van der Waals surface area contributed by atoms with E-state index in [1.165, 1.54) is 21.6 Å². The lowest BCUT2D eigenvalue weighted by Crippen LogP contribution is -2.27. The summed E-state index contributed by atoms with van der Waals surface area (Å²) < 4.78 is 2.24.